The maximum atomic E-state index is 2.54. The molecule has 0 amide bonds. The van der Waals surface area contributed by atoms with Crippen LogP contribution < -0.4 is 0 Å². The Kier molecular flexibility index (Phi) is 4.24. The molecule has 0 saturated heterocycles. The number of hydrogen-bond donors (Lipinski definition) is 0. The molecule has 198 valence electrons. The summed E-state index contributed by atoms with van der Waals surface area (Å²) in [6.45, 7) is 10.1. The molecule has 2 fully saturated rings. The van der Waals surface area contributed by atoms with Crippen LogP contribution >= 0.6 is 0 Å². The lowest BCUT2D eigenvalue weighted by Gasteiger charge is -2.31. The average molecular weight is 519 g/mol. The molecule has 4 aliphatic rings. The molecule has 0 heterocycles. The molecule has 4 unspecified atom stereocenters. The molecule has 2 saturated carbocycles. The van der Waals surface area contributed by atoms with Crippen LogP contribution in [0.3, 0.4) is 0 Å². The first-order chi connectivity index (χ1) is 19.2. The summed E-state index contributed by atoms with van der Waals surface area (Å²) in [5, 5.41) is 5.60. The maximum Gasteiger partial charge on any atom is -0.00233 e. The standard InChI is InChI=1S/C40H38/c1-37-19-21-39(3,23-37)35-29(15-9-17-31(35)37)33-25-11-5-7-13-27(25)34(28-14-8-6-12-26(28)33)30-16-10-18-32-36(30)40(4)22-20-38(32,2)24-40/h5-18H,19-24H2,1-4H3. The zero-order chi connectivity index (χ0) is 27.1. The minimum atomic E-state index is 0.269. The van der Waals surface area contributed by atoms with E-state index in [9.17, 15) is 0 Å². The Balaban J connectivity index is 1.42. The van der Waals surface area contributed by atoms with E-state index in [1.54, 1.807) is 22.3 Å². The van der Waals surface area contributed by atoms with Gasteiger partial charge in [0.05, 0.1) is 0 Å². The molecule has 0 heteroatoms. The molecule has 9 rings (SSSR count). The summed E-state index contributed by atoms with van der Waals surface area (Å²) in [6.07, 6.45) is 7.81. The van der Waals surface area contributed by atoms with Crippen LogP contribution in [0, 0.1) is 0 Å². The van der Waals surface area contributed by atoms with E-state index in [4.69, 9.17) is 0 Å². The minimum Gasteiger partial charge on any atom is -0.0616 e. The highest BCUT2D eigenvalue weighted by Gasteiger charge is 2.55. The van der Waals surface area contributed by atoms with Crippen LogP contribution in [0.5, 0.6) is 0 Å². The fourth-order valence-corrected chi connectivity index (χ4v) is 10.6. The largest absolute Gasteiger partial charge is 0.0616 e. The van der Waals surface area contributed by atoms with Crippen molar-refractivity contribution in [3.8, 4) is 22.3 Å². The van der Waals surface area contributed by atoms with Crippen LogP contribution in [0.15, 0.2) is 84.9 Å². The van der Waals surface area contributed by atoms with Crippen molar-refractivity contribution < 1.29 is 0 Å². The van der Waals surface area contributed by atoms with E-state index in [0.717, 1.165) is 0 Å². The number of benzene rings is 5. The summed E-state index contributed by atoms with van der Waals surface area (Å²) < 4.78 is 0. The Bertz CT molecular complexity index is 1730. The third-order valence-corrected chi connectivity index (χ3v) is 12.1. The van der Waals surface area contributed by atoms with E-state index in [1.165, 1.54) is 82.3 Å². The van der Waals surface area contributed by atoms with Gasteiger partial charge in [-0.3, -0.25) is 0 Å². The fraction of sp³-hybridized carbons (Fsp3) is 0.350. The van der Waals surface area contributed by atoms with Gasteiger partial charge in [0.1, 0.15) is 0 Å². The normalized spacial score (nSPS) is 31.3. The second kappa shape index (κ2) is 7.27. The van der Waals surface area contributed by atoms with Crippen LogP contribution in [0.4, 0.5) is 0 Å². The van der Waals surface area contributed by atoms with Crippen molar-refractivity contribution in [1.82, 2.24) is 0 Å². The second-order valence-corrected chi connectivity index (χ2v) is 14.9. The van der Waals surface area contributed by atoms with Gasteiger partial charge in [-0.25, -0.2) is 0 Å². The summed E-state index contributed by atoms with van der Waals surface area (Å²) in [5.74, 6) is 0. The molecule has 0 spiro atoms. The van der Waals surface area contributed by atoms with Crippen LogP contribution in [0.2, 0.25) is 0 Å². The predicted octanol–water partition coefficient (Wildman–Crippen LogP) is 10.8. The smallest absolute Gasteiger partial charge is 0.00233 e. The quantitative estimate of drug-likeness (QED) is 0.204. The van der Waals surface area contributed by atoms with E-state index >= 15 is 0 Å². The van der Waals surface area contributed by atoms with Crippen molar-refractivity contribution in [3.63, 3.8) is 0 Å². The predicted molar refractivity (Wildman–Crippen MR) is 169 cm³/mol. The van der Waals surface area contributed by atoms with Crippen molar-refractivity contribution in [2.24, 2.45) is 0 Å². The summed E-state index contributed by atoms with van der Waals surface area (Å²) in [4.78, 5) is 0. The van der Waals surface area contributed by atoms with Crippen molar-refractivity contribution >= 4 is 21.5 Å². The van der Waals surface area contributed by atoms with Crippen molar-refractivity contribution in [3.05, 3.63) is 107 Å². The second-order valence-electron chi connectivity index (χ2n) is 14.9. The third kappa shape index (κ3) is 2.69. The Morgan fingerprint density at radius 2 is 0.750 bits per heavy atom. The highest BCUT2D eigenvalue weighted by Crippen LogP contribution is 2.65. The monoisotopic (exact) mass is 518 g/mol. The van der Waals surface area contributed by atoms with Crippen LogP contribution in [0.25, 0.3) is 43.8 Å². The molecule has 4 bridgehead atoms. The zero-order valence-corrected chi connectivity index (χ0v) is 24.3. The molecule has 0 nitrogen and oxygen atoms in total. The first-order valence-electron chi connectivity index (χ1n) is 15.5. The van der Waals surface area contributed by atoms with Gasteiger partial charge in [0.15, 0.2) is 0 Å². The van der Waals surface area contributed by atoms with E-state index in [0.29, 0.717) is 10.8 Å². The number of rotatable bonds is 2. The lowest BCUT2D eigenvalue weighted by Crippen LogP contribution is -2.19. The highest BCUT2D eigenvalue weighted by atomic mass is 14.6. The number of hydrogen-bond acceptors (Lipinski definition) is 0. The first-order valence-corrected chi connectivity index (χ1v) is 15.5. The summed E-state index contributed by atoms with van der Waals surface area (Å²) in [6, 6.07) is 33.0. The topological polar surface area (TPSA) is 0 Å². The molecule has 0 aliphatic heterocycles. The van der Waals surface area contributed by atoms with Gasteiger partial charge in [0.25, 0.3) is 0 Å². The van der Waals surface area contributed by atoms with E-state index in [1.807, 2.05) is 0 Å². The SMILES string of the molecule is CC12CCC(C)(C1)c1c(-c3c4ccccc4c(-c4cccc5c4C4(C)CCC5(C)C4)c4ccccc34)cccc12. The van der Waals surface area contributed by atoms with Crippen LogP contribution in [-0.4, -0.2) is 0 Å². The Hall–Kier alpha value is -3.38. The Morgan fingerprint density at radius 1 is 0.400 bits per heavy atom. The van der Waals surface area contributed by atoms with E-state index in [2.05, 4.69) is 113 Å². The maximum absolute atomic E-state index is 2.54. The molecule has 4 aliphatic carbocycles. The van der Waals surface area contributed by atoms with Crippen LogP contribution in [-0.2, 0) is 21.7 Å². The van der Waals surface area contributed by atoms with E-state index in [-0.39, 0.29) is 10.8 Å². The van der Waals surface area contributed by atoms with Gasteiger partial charge in [-0.2, -0.15) is 0 Å². The fourth-order valence-electron chi connectivity index (χ4n) is 10.6. The Morgan fingerprint density at radius 3 is 1.12 bits per heavy atom. The molecular weight excluding hydrogens is 480 g/mol. The summed E-state index contributed by atoms with van der Waals surface area (Å²) in [5.41, 5.74) is 13.5. The summed E-state index contributed by atoms with van der Waals surface area (Å²) >= 11 is 0. The van der Waals surface area contributed by atoms with Crippen molar-refractivity contribution in [1.29, 1.82) is 0 Å². The average Bonchev–Trinajstić information content (AvgIpc) is 3.61. The third-order valence-electron chi connectivity index (χ3n) is 12.1. The number of fused-ring (bicyclic) bond motifs is 12. The van der Waals surface area contributed by atoms with Crippen LogP contribution in [0.1, 0.15) is 88.5 Å². The molecule has 5 aromatic rings. The zero-order valence-electron chi connectivity index (χ0n) is 24.3. The van der Waals surface area contributed by atoms with Crippen molar-refractivity contribution in [2.75, 3.05) is 0 Å². The van der Waals surface area contributed by atoms with Gasteiger partial charge in [-0.05, 0) is 126 Å². The lowest BCUT2D eigenvalue weighted by molar-refractivity contribution is 0.484. The minimum absolute atomic E-state index is 0.269. The Labute approximate surface area is 238 Å². The molecule has 0 aromatic heterocycles. The van der Waals surface area contributed by atoms with Gasteiger partial charge >= 0.3 is 0 Å². The van der Waals surface area contributed by atoms with Gasteiger partial charge in [-0.1, -0.05) is 113 Å². The van der Waals surface area contributed by atoms with Gasteiger partial charge in [0.2, 0.25) is 0 Å². The molecule has 40 heavy (non-hydrogen) atoms. The van der Waals surface area contributed by atoms with Crippen molar-refractivity contribution in [2.45, 2.75) is 87.9 Å². The van der Waals surface area contributed by atoms with Gasteiger partial charge < -0.3 is 0 Å². The first kappa shape index (κ1) is 23.3. The molecular formula is C40H38. The summed E-state index contributed by atoms with van der Waals surface area (Å²) in [7, 11) is 0. The van der Waals surface area contributed by atoms with Gasteiger partial charge in [-0.15, -0.1) is 0 Å². The lowest BCUT2D eigenvalue weighted by atomic mass is 9.72. The molecule has 5 aromatic carbocycles. The molecule has 0 radical (unpaired) electrons. The highest BCUT2D eigenvalue weighted by molar-refractivity contribution is 6.22. The molecule has 0 N–H and O–H groups in total. The van der Waals surface area contributed by atoms with E-state index < -0.39 is 0 Å². The van der Waals surface area contributed by atoms with Gasteiger partial charge in [0, 0.05) is 0 Å². The molecule has 4 atom stereocenters.